The van der Waals surface area contributed by atoms with Crippen LogP contribution in [-0.2, 0) is 0 Å². The Morgan fingerprint density at radius 3 is 2.46 bits per heavy atom. The lowest BCUT2D eigenvalue weighted by atomic mass is 10.1. The summed E-state index contributed by atoms with van der Waals surface area (Å²) < 4.78 is 0. The topological polar surface area (TPSA) is 56.0 Å². The lowest BCUT2D eigenvalue weighted by Crippen LogP contribution is -2.37. The van der Waals surface area contributed by atoms with Crippen LogP contribution in [0.1, 0.15) is 33.6 Å². The van der Waals surface area contributed by atoms with E-state index in [-0.39, 0.29) is 18.1 Å². The molecule has 0 spiro atoms. The molecule has 0 aliphatic rings. The van der Waals surface area contributed by atoms with Crippen LogP contribution in [0.2, 0.25) is 0 Å². The first-order chi connectivity index (χ1) is 6.11. The standard InChI is InChI=1S/C10H20N2O/c1-4-9(5-6-11)12-7-10(13)8(2)3/h8-10,12-13H,4-5,7H2,1-3H3. The van der Waals surface area contributed by atoms with Crippen LogP contribution in [0.5, 0.6) is 0 Å². The van der Waals surface area contributed by atoms with Gasteiger partial charge in [0, 0.05) is 12.6 Å². The van der Waals surface area contributed by atoms with Gasteiger partial charge in [-0.25, -0.2) is 0 Å². The molecule has 13 heavy (non-hydrogen) atoms. The average Bonchev–Trinajstić information content (AvgIpc) is 2.11. The third-order valence-corrected chi connectivity index (χ3v) is 2.22. The highest BCUT2D eigenvalue weighted by Crippen LogP contribution is 2.01. The summed E-state index contributed by atoms with van der Waals surface area (Å²) in [6.07, 6.45) is 1.13. The SMILES string of the molecule is CCC(CC#N)NCC(O)C(C)C. The third kappa shape index (κ3) is 5.62. The van der Waals surface area contributed by atoms with Crippen molar-refractivity contribution in [1.29, 1.82) is 5.26 Å². The van der Waals surface area contributed by atoms with Crippen molar-refractivity contribution in [1.82, 2.24) is 5.32 Å². The van der Waals surface area contributed by atoms with Crippen LogP contribution in [-0.4, -0.2) is 23.8 Å². The van der Waals surface area contributed by atoms with E-state index in [1.807, 2.05) is 20.8 Å². The highest BCUT2D eigenvalue weighted by Gasteiger charge is 2.11. The Bertz CT molecular complexity index is 163. The van der Waals surface area contributed by atoms with E-state index in [4.69, 9.17) is 5.26 Å². The van der Waals surface area contributed by atoms with Crippen molar-refractivity contribution in [2.24, 2.45) is 5.92 Å². The van der Waals surface area contributed by atoms with Crippen molar-refractivity contribution < 1.29 is 5.11 Å². The fourth-order valence-corrected chi connectivity index (χ4v) is 0.994. The molecule has 2 N–H and O–H groups in total. The van der Waals surface area contributed by atoms with Gasteiger partial charge in [-0.1, -0.05) is 20.8 Å². The van der Waals surface area contributed by atoms with Crippen LogP contribution in [0, 0.1) is 17.2 Å². The van der Waals surface area contributed by atoms with Crippen LogP contribution in [0.15, 0.2) is 0 Å². The smallest absolute Gasteiger partial charge is 0.0687 e. The highest BCUT2D eigenvalue weighted by molar-refractivity contribution is 4.80. The van der Waals surface area contributed by atoms with Gasteiger partial charge < -0.3 is 10.4 Å². The average molecular weight is 184 g/mol. The molecule has 0 aromatic heterocycles. The van der Waals surface area contributed by atoms with E-state index < -0.39 is 0 Å². The molecule has 0 rings (SSSR count). The number of hydrogen-bond donors (Lipinski definition) is 2. The molecule has 3 nitrogen and oxygen atoms in total. The summed E-state index contributed by atoms with van der Waals surface area (Å²) in [5, 5.41) is 21.2. The van der Waals surface area contributed by atoms with E-state index in [1.54, 1.807) is 0 Å². The van der Waals surface area contributed by atoms with Crippen LogP contribution in [0.4, 0.5) is 0 Å². The lowest BCUT2D eigenvalue weighted by Gasteiger charge is -2.19. The van der Waals surface area contributed by atoms with E-state index in [0.29, 0.717) is 13.0 Å². The van der Waals surface area contributed by atoms with E-state index in [1.165, 1.54) is 0 Å². The Hall–Kier alpha value is -0.590. The molecule has 76 valence electrons. The number of hydrogen-bond acceptors (Lipinski definition) is 3. The Morgan fingerprint density at radius 2 is 2.08 bits per heavy atom. The highest BCUT2D eigenvalue weighted by atomic mass is 16.3. The maximum atomic E-state index is 9.49. The second-order valence-electron chi connectivity index (χ2n) is 3.69. The van der Waals surface area contributed by atoms with Crippen molar-refractivity contribution in [3.63, 3.8) is 0 Å². The van der Waals surface area contributed by atoms with Gasteiger partial charge in [-0.05, 0) is 12.3 Å². The molecule has 0 aliphatic heterocycles. The quantitative estimate of drug-likeness (QED) is 0.654. The summed E-state index contributed by atoms with van der Waals surface area (Å²) in [6, 6.07) is 2.35. The monoisotopic (exact) mass is 184 g/mol. The van der Waals surface area contributed by atoms with Gasteiger partial charge in [-0.2, -0.15) is 5.26 Å². The van der Waals surface area contributed by atoms with Gasteiger partial charge in [-0.3, -0.25) is 0 Å². The van der Waals surface area contributed by atoms with E-state index in [9.17, 15) is 5.11 Å². The summed E-state index contributed by atoms with van der Waals surface area (Å²) in [5.41, 5.74) is 0. The van der Waals surface area contributed by atoms with Gasteiger partial charge in [0.25, 0.3) is 0 Å². The number of aliphatic hydroxyl groups excluding tert-OH is 1. The van der Waals surface area contributed by atoms with Gasteiger partial charge in [-0.15, -0.1) is 0 Å². The molecule has 0 aromatic carbocycles. The second-order valence-corrected chi connectivity index (χ2v) is 3.69. The van der Waals surface area contributed by atoms with Crippen molar-refractivity contribution in [2.45, 2.75) is 45.8 Å². The molecule has 2 unspecified atom stereocenters. The van der Waals surface area contributed by atoms with Crippen LogP contribution in [0.3, 0.4) is 0 Å². The van der Waals surface area contributed by atoms with Crippen molar-refractivity contribution in [3.8, 4) is 6.07 Å². The first kappa shape index (κ1) is 12.4. The van der Waals surface area contributed by atoms with Gasteiger partial charge >= 0.3 is 0 Å². The summed E-state index contributed by atoms with van der Waals surface area (Å²) in [4.78, 5) is 0. The summed E-state index contributed by atoms with van der Waals surface area (Å²) in [5.74, 6) is 0.270. The number of rotatable bonds is 6. The minimum atomic E-state index is -0.312. The predicted molar refractivity (Wildman–Crippen MR) is 53.2 cm³/mol. The molecule has 0 heterocycles. The number of aliphatic hydroxyl groups is 1. The van der Waals surface area contributed by atoms with Crippen LogP contribution < -0.4 is 5.32 Å². The van der Waals surface area contributed by atoms with Crippen LogP contribution in [0.25, 0.3) is 0 Å². The predicted octanol–water partition coefficient (Wildman–Crippen LogP) is 1.29. The maximum Gasteiger partial charge on any atom is 0.0687 e. The fraction of sp³-hybridized carbons (Fsp3) is 0.900. The fourth-order valence-electron chi connectivity index (χ4n) is 0.994. The molecule has 0 saturated carbocycles. The van der Waals surface area contributed by atoms with Gasteiger partial charge in [0.15, 0.2) is 0 Å². The lowest BCUT2D eigenvalue weighted by molar-refractivity contribution is 0.120. The van der Waals surface area contributed by atoms with Crippen molar-refractivity contribution in [2.75, 3.05) is 6.54 Å². The third-order valence-electron chi connectivity index (χ3n) is 2.22. The zero-order valence-corrected chi connectivity index (χ0v) is 8.75. The minimum absolute atomic E-state index is 0.221. The normalized spacial score (nSPS) is 15.4. The minimum Gasteiger partial charge on any atom is -0.392 e. The molecular formula is C10H20N2O. The zero-order chi connectivity index (χ0) is 10.3. The van der Waals surface area contributed by atoms with Gasteiger partial charge in [0.1, 0.15) is 0 Å². The second kappa shape index (κ2) is 6.88. The molecule has 0 aliphatic carbocycles. The largest absolute Gasteiger partial charge is 0.392 e. The Kier molecular flexibility index (Phi) is 6.56. The van der Waals surface area contributed by atoms with E-state index >= 15 is 0 Å². The molecule has 2 atom stereocenters. The summed E-state index contributed by atoms with van der Waals surface area (Å²) in [7, 11) is 0. The molecule has 3 heteroatoms. The molecular weight excluding hydrogens is 164 g/mol. The molecule has 0 amide bonds. The van der Waals surface area contributed by atoms with Gasteiger partial charge in [0.2, 0.25) is 0 Å². The van der Waals surface area contributed by atoms with Crippen molar-refractivity contribution >= 4 is 0 Å². The first-order valence-electron chi connectivity index (χ1n) is 4.90. The molecule has 0 radical (unpaired) electrons. The Balaban J connectivity index is 3.66. The van der Waals surface area contributed by atoms with Crippen LogP contribution >= 0.6 is 0 Å². The maximum absolute atomic E-state index is 9.49. The Morgan fingerprint density at radius 1 is 1.46 bits per heavy atom. The van der Waals surface area contributed by atoms with Gasteiger partial charge in [0.05, 0.1) is 18.6 Å². The number of nitriles is 1. The Labute approximate surface area is 80.8 Å². The summed E-state index contributed by atoms with van der Waals surface area (Å²) >= 11 is 0. The summed E-state index contributed by atoms with van der Waals surface area (Å²) in [6.45, 7) is 6.59. The molecule has 0 bridgehead atoms. The molecule has 0 aromatic rings. The molecule has 0 saturated heterocycles. The van der Waals surface area contributed by atoms with E-state index in [0.717, 1.165) is 6.42 Å². The first-order valence-corrected chi connectivity index (χ1v) is 4.90. The van der Waals surface area contributed by atoms with E-state index in [2.05, 4.69) is 11.4 Å². The molecule has 0 fully saturated rings. The number of nitrogens with one attached hydrogen (secondary N) is 1. The zero-order valence-electron chi connectivity index (χ0n) is 8.75. The number of nitrogens with zero attached hydrogens (tertiary/aromatic N) is 1. The van der Waals surface area contributed by atoms with Crippen molar-refractivity contribution in [3.05, 3.63) is 0 Å².